The number of fused-ring (bicyclic) bond motifs is 1. The standard InChI is InChI=1S/C19H17N/c1-18-11-13(12-20)19(2,16-9-5-3-7-14(16)18)17-10-6-4-8-15(17)18/h3-10,13H,11H2,1-2H3. The van der Waals surface area contributed by atoms with Crippen molar-refractivity contribution >= 4 is 0 Å². The highest BCUT2D eigenvalue weighted by atomic mass is 14.6. The van der Waals surface area contributed by atoms with Crippen LogP contribution in [0.5, 0.6) is 0 Å². The SMILES string of the molecule is CC12CC(C#N)C(C)(c3ccccc31)c1ccccc12. The predicted octanol–water partition coefficient (Wildman–Crippen LogP) is 4.16. The van der Waals surface area contributed by atoms with Crippen LogP contribution in [-0.2, 0) is 10.8 Å². The average molecular weight is 259 g/mol. The van der Waals surface area contributed by atoms with Gasteiger partial charge in [0, 0.05) is 10.8 Å². The lowest BCUT2D eigenvalue weighted by Gasteiger charge is -2.55. The molecule has 0 fully saturated rings. The van der Waals surface area contributed by atoms with E-state index >= 15 is 0 Å². The molecule has 1 atom stereocenters. The first kappa shape index (κ1) is 11.7. The highest BCUT2D eigenvalue weighted by Gasteiger charge is 2.56. The van der Waals surface area contributed by atoms with Crippen LogP contribution in [0.3, 0.4) is 0 Å². The summed E-state index contributed by atoms with van der Waals surface area (Å²) in [5.74, 6) is 0.0531. The van der Waals surface area contributed by atoms with Crippen LogP contribution >= 0.6 is 0 Å². The number of hydrogen-bond acceptors (Lipinski definition) is 1. The summed E-state index contributed by atoms with van der Waals surface area (Å²) in [7, 11) is 0. The minimum Gasteiger partial charge on any atom is -0.198 e. The first-order valence-corrected chi connectivity index (χ1v) is 7.22. The molecule has 2 aromatic rings. The summed E-state index contributed by atoms with van der Waals surface area (Å²) in [5, 5.41) is 9.69. The third kappa shape index (κ3) is 1.10. The zero-order valence-electron chi connectivity index (χ0n) is 11.9. The molecule has 2 aromatic carbocycles. The Hall–Kier alpha value is -2.07. The maximum atomic E-state index is 9.69. The quantitative estimate of drug-likeness (QED) is 0.697. The minimum atomic E-state index is -0.167. The van der Waals surface area contributed by atoms with Crippen LogP contribution in [-0.4, -0.2) is 0 Å². The van der Waals surface area contributed by atoms with E-state index in [1.54, 1.807) is 0 Å². The third-order valence-electron chi connectivity index (χ3n) is 5.63. The van der Waals surface area contributed by atoms with E-state index < -0.39 is 0 Å². The summed E-state index contributed by atoms with van der Waals surface area (Å²) in [6.07, 6.45) is 0.925. The molecule has 0 amide bonds. The summed E-state index contributed by atoms with van der Waals surface area (Å²) in [6.45, 7) is 4.55. The van der Waals surface area contributed by atoms with E-state index in [4.69, 9.17) is 0 Å². The topological polar surface area (TPSA) is 23.8 Å². The van der Waals surface area contributed by atoms with Gasteiger partial charge < -0.3 is 0 Å². The van der Waals surface area contributed by atoms with Gasteiger partial charge in [-0.3, -0.25) is 0 Å². The summed E-state index contributed by atoms with van der Waals surface area (Å²) < 4.78 is 0. The van der Waals surface area contributed by atoms with Crippen LogP contribution in [0, 0.1) is 17.2 Å². The molecule has 1 nitrogen and oxygen atoms in total. The molecular weight excluding hydrogens is 242 g/mol. The van der Waals surface area contributed by atoms with Gasteiger partial charge in [0.05, 0.1) is 12.0 Å². The van der Waals surface area contributed by atoms with E-state index in [2.05, 4.69) is 68.4 Å². The lowest BCUT2D eigenvalue weighted by Crippen LogP contribution is -2.51. The minimum absolute atomic E-state index is 0.0225. The Labute approximate surface area is 119 Å². The van der Waals surface area contributed by atoms with Crippen molar-refractivity contribution in [3.8, 4) is 6.07 Å². The van der Waals surface area contributed by atoms with E-state index in [-0.39, 0.29) is 16.7 Å². The number of benzene rings is 2. The Morgan fingerprint density at radius 2 is 1.35 bits per heavy atom. The van der Waals surface area contributed by atoms with Crippen molar-refractivity contribution in [1.82, 2.24) is 0 Å². The van der Waals surface area contributed by atoms with Gasteiger partial charge in [-0.2, -0.15) is 5.26 Å². The van der Waals surface area contributed by atoms with Crippen LogP contribution in [0.4, 0.5) is 0 Å². The molecule has 3 aliphatic rings. The third-order valence-corrected chi connectivity index (χ3v) is 5.63. The van der Waals surface area contributed by atoms with Crippen molar-refractivity contribution in [2.24, 2.45) is 5.92 Å². The first-order valence-electron chi connectivity index (χ1n) is 7.22. The second kappa shape index (κ2) is 3.52. The highest BCUT2D eigenvalue weighted by molar-refractivity contribution is 5.63. The lowest BCUT2D eigenvalue weighted by atomic mass is 9.46. The summed E-state index contributed by atoms with van der Waals surface area (Å²) in [5.41, 5.74) is 5.32. The molecule has 3 aliphatic carbocycles. The molecule has 5 rings (SSSR count). The molecule has 98 valence electrons. The van der Waals surface area contributed by atoms with Gasteiger partial charge in [-0.25, -0.2) is 0 Å². The first-order chi connectivity index (χ1) is 9.62. The molecule has 2 bridgehead atoms. The second-order valence-electron chi connectivity index (χ2n) is 6.51. The van der Waals surface area contributed by atoms with Crippen molar-refractivity contribution < 1.29 is 0 Å². The molecule has 0 spiro atoms. The Balaban J connectivity index is 2.17. The molecule has 1 unspecified atom stereocenters. The van der Waals surface area contributed by atoms with Gasteiger partial charge in [0.25, 0.3) is 0 Å². The van der Waals surface area contributed by atoms with Gasteiger partial charge in [0.15, 0.2) is 0 Å². The molecule has 0 saturated heterocycles. The van der Waals surface area contributed by atoms with Gasteiger partial charge in [0.1, 0.15) is 0 Å². The summed E-state index contributed by atoms with van der Waals surface area (Å²) >= 11 is 0. The van der Waals surface area contributed by atoms with Crippen molar-refractivity contribution in [2.45, 2.75) is 31.1 Å². The van der Waals surface area contributed by atoms with Crippen molar-refractivity contribution in [3.63, 3.8) is 0 Å². The van der Waals surface area contributed by atoms with Crippen LogP contribution < -0.4 is 0 Å². The fraction of sp³-hybridized carbons (Fsp3) is 0.316. The number of rotatable bonds is 0. The Kier molecular flexibility index (Phi) is 2.07. The molecule has 0 aliphatic heterocycles. The molecule has 0 aromatic heterocycles. The summed E-state index contributed by atoms with van der Waals surface area (Å²) in [4.78, 5) is 0. The monoisotopic (exact) mass is 259 g/mol. The second-order valence-corrected chi connectivity index (χ2v) is 6.51. The Bertz CT molecular complexity index is 703. The van der Waals surface area contributed by atoms with Crippen LogP contribution in [0.1, 0.15) is 42.5 Å². The molecule has 0 heterocycles. The zero-order chi connectivity index (χ0) is 14.0. The number of nitriles is 1. The van der Waals surface area contributed by atoms with E-state index in [0.29, 0.717) is 0 Å². The largest absolute Gasteiger partial charge is 0.198 e. The number of hydrogen-bond donors (Lipinski definition) is 0. The summed E-state index contributed by atoms with van der Waals surface area (Å²) in [6, 6.07) is 20.0. The number of nitrogens with zero attached hydrogens (tertiary/aromatic N) is 1. The van der Waals surface area contributed by atoms with Crippen molar-refractivity contribution in [1.29, 1.82) is 5.26 Å². The maximum absolute atomic E-state index is 9.69. The Morgan fingerprint density at radius 3 is 1.80 bits per heavy atom. The lowest BCUT2D eigenvalue weighted by molar-refractivity contribution is 0.263. The zero-order valence-corrected chi connectivity index (χ0v) is 11.9. The van der Waals surface area contributed by atoms with Crippen LogP contribution in [0.2, 0.25) is 0 Å². The average Bonchev–Trinajstić information content (AvgIpc) is 2.50. The van der Waals surface area contributed by atoms with Gasteiger partial charge >= 0.3 is 0 Å². The van der Waals surface area contributed by atoms with Gasteiger partial charge in [-0.1, -0.05) is 62.4 Å². The highest BCUT2D eigenvalue weighted by Crippen LogP contribution is 2.61. The van der Waals surface area contributed by atoms with E-state index in [1.165, 1.54) is 22.3 Å². The fourth-order valence-corrected chi connectivity index (χ4v) is 4.51. The van der Waals surface area contributed by atoms with Crippen molar-refractivity contribution in [2.75, 3.05) is 0 Å². The molecule has 0 saturated carbocycles. The van der Waals surface area contributed by atoms with E-state index in [0.717, 1.165) is 6.42 Å². The maximum Gasteiger partial charge on any atom is 0.0669 e. The van der Waals surface area contributed by atoms with Crippen LogP contribution in [0.15, 0.2) is 48.5 Å². The molecular formula is C19H17N. The van der Waals surface area contributed by atoms with E-state index in [1.807, 2.05) is 0 Å². The van der Waals surface area contributed by atoms with Crippen LogP contribution in [0.25, 0.3) is 0 Å². The molecule has 0 N–H and O–H groups in total. The molecule has 1 heteroatoms. The molecule has 20 heavy (non-hydrogen) atoms. The van der Waals surface area contributed by atoms with Gasteiger partial charge in [-0.05, 0) is 28.7 Å². The fourth-order valence-electron chi connectivity index (χ4n) is 4.51. The predicted molar refractivity (Wildman–Crippen MR) is 79.5 cm³/mol. The smallest absolute Gasteiger partial charge is 0.0669 e. The van der Waals surface area contributed by atoms with Crippen molar-refractivity contribution in [3.05, 3.63) is 70.8 Å². The normalized spacial score (nSPS) is 33.1. The van der Waals surface area contributed by atoms with Gasteiger partial charge in [-0.15, -0.1) is 0 Å². The van der Waals surface area contributed by atoms with E-state index in [9.17, 15) is 5.26 Å². The Morgan fingerprint density at radius 1 is 0.900 bits per heavy atom. The van der Waals surface area contributed by atoms with Gasteiger partial charge in [0.2, 0.25) is 0 Å². The molecule has 0 radical (unpaired) electrons.